The summed E-state index contributed by atoms with van der Waals surface area (Å²) in [4.78, 5) is 23.8. The average Bonchev–Trinajstić information content (AvgIpc) is 2.53. The van der Waals surface area contributed by atoms with Crippen molar-refractivity contribution in [2.24, 2.45) is 0 Å². The van der Waals surface area contributed by atoms with Gasteiger partial charge in [-0.2, -0.15) is 0 Å². The van der Waals surface area contributed by atoms with E-state index in [1.807, 2.05) is 19.1 Å². The number of rotatable bonds is 9. The molecule has 1 aromatic rings. The quantitative estimate of drug-likeness (QED) is 0.561. The van der Waals surface area contributed by atoms with Crippen molar-refractivity contribution in [3.8, 4) is 0 Å². The summed E-state index contributed by atoms with van der Waals surface area (Å²) >= 11 is 0. The van der Waals surface area contributed by atoms with Crippen LogP contribution in [-0.2, 0) is 16.0 Å². The van der Waals surface area contributed by atoms with Gasteiger partial charge < -0.3 is 10.1 Å². The van der Waals surface area contributed by atoms with Gasteiger partial charge in [-0.25, -0.2) is 4.79 Å². The van der Waals surface area contributed by atoms with Crippen LogP contribution < -0.4 is 5.32 Å². The van der Waals surface area contributed by atoms with Crippen LogP contribution in [0.1, 0.15) is 62.4 Å². The van der Waals surface area contributed by atoms with Gasteiger partial charge in [-0.15, -0.1) is 0 Å². The zero-order valence-electron chi connectivity index (χ0n) is 13.9. The second-order valence-electron chi connectivity index (χ2n) is 5.52. The Morgan fingerprint density at radius 3 is 2.32 bits per heavy atom. The minimum Gasteiger partial charge on any atom is -0.464 e. The average molecular weight is 305 g/mol. The highest BCUT2D eigenvalue weighted by Gasteiger charge is 2.17. The molecule has 0 unspecified atom stereocenters. The molecule has 0 radical (unpaired) electrons. The van der Waals surface area contributed by atoms with E-state index in [2.05, 4.69) is 12.2 Å². The number of esters is 1. The summed E-state index contributed by atoms with van der Waals surface area (Å²) in [5, 5.41) is 2.67. The molecule has 0 saturated carbocycles. The number of hydrogen-bond acceptors (Lipinski definition) is 3. The smallest absolute Gasteiger partial charge is 0.328 e. The molecular weight excluding hydrogens is 278 g/mol. The van der Waals surface area contributed by atoms with E-state index in [0.29, 0.717) is 12.2 Å². The summed E-state index contributed by atoms with van der Waals surface area (Å²) in [7, 11) is 0. The standard InChI is InChI=1S/C18H27NO3/c1-4-6-8-15-9-11-16(12-10-15)17(20)19-14(3)18(21)22-13-7-5-2/h9-12,14H,4-8,13H2,1-3H3,(H,19,20)/t14-/m0/s1. The van der Waals surface area contributed by atoms with E-state index in [0.717, 1.165) is 32.1 Å². The van der Waals surface area contributed by atoms with E-state index in [9.17, 15) is 9.59 Å². The number of benzene rings is 1. The molecule has 1 atom stereocenters. The molecule has 0 aliphatic rings. The number of amides is 1. The Kier molecular flexibility index (Phi) is 8.26. The van der Waals surface area contributed by atoms with Crippen LogP contribution in [-0.4, -0.2) is 24.5 Å². The Bertz CT molecular complexity index is 468. The van der Waals surface area contributed by atoms with Gasteiger partial charge in [0.2, 0.25) is 0 Å². The molecular formula is C18H27NO3. The lowest BCUT2D eigenvalue weighted by molar-refractivity contribution is -0.145. The molecule has 4 heteroatoms. The Labute approximate surface area is 133 Å². The van der Waals surface area contributed by atoms with Gasteiger partial charge in [0.05, 0.1) is 6.61 Å². The topological polar surface area (TPSA) is 55.4 Å². The Balaban J connectivity index is 2.48. The largest absolute Gasteiger partial charge is 0.464 e. The molecule has 0 bridgehead atoms. The number of hydrogen-bond donors (Lipinski definition) is 1. The van der Waals surface area contributed by atoms with E-state index < -0.39 is 6.04 Å². The van der Waals surface area contributed by atoms with Crippen LogP contribution in [0.25, 0.3) is 0 Å². The number of carbonyl (C=O) groups is 2. The lowest BCUT2D eigenvalue weighted by Crippen LogP contribution is -2.39. The number of aryl methyl sites for hydroxylation is 1. The highest BCUT2D eigenvalue weighted by Crippen LogP contribution is 2.08. The van der Waals surface area contributed by atoms with Crippen molar-refractivity contribution < 1.29 is 14.3 Å². The minimum absolute atomic E-state index is 0.248. The van der Waals surface area contributed by atoms with Crippen LogP contribution in [0, 0.1) is 0 Å². The zero-order valence-corrected chi connectivity index (χ0v) is 13.9. The normalized spacial score (nSPS) is 11.8. The first-order valence-corrected chi connectivity index (χ1v) is 8.14. The van der Waals surface area contributed by atoms with Crippen molar-refractivity contribution in [1.29, 1.82) is 0 Å². The molecule has 1 N–H and O–H groups in total. The van der Waals surface area contributed by atoms with Gasteiger partial charge in [-0.3, -0.25) is 4.79 Å². The maximum absolute atomic E-state index is 12.1. The van der Waals surface area contributed by atoms with Crippen molar-refractivity contribution in [2.75, 3.05) is 6.61 Å². The van der Waals surface area contributed by atoms with Crippen molar-refractivity contribution >= 4 is 11.9 Å². The zero-order chi connectivity index (χ0) is 16.4. The maximum atomic E-state index is 12.1. The summed E-state index contributed by atoms with van der Waals surface area (Å²) < 4.78 is 5.09. The summed E-state index contributed by atoms with van der Waals surface area (Å²) in [6, 6.07) is 6.90. The highest BCUT2D eigenvalue weighted by molar-refractivity contribution is 5.96. The third kappa shape index (κ3) is 6.29. The third-order valence-corrected chi connectivity index (χ3v) is 3.48. The van der Waals surface area contributed by atoms with Gasteiger partial charge in [0.25, 0.3) is 5.91 Å². The Morgan fingerprint density at radius 2 is 1.73 bits per heavy atom. The van der Waals surface area contributed by atoms with Gasteiger partial charge in [0.1, 0.15) is 6.04 Å². The fourth-order valence-electron chi connectivity index (χ4n) is 1.98. The van der Waals surface area contributed by atoms with Gasteiger partial charge in [0, 0.05) is 5.56 Å². The van der Waals surface area contributed by atoms with Gasteiger partial charge in [0.15, 0.2) is 0 Å². The molecule has 0 aliphatic carbocycles. The summed E-state index contributed by atoms with van der Waals surface area (Å²) in [6.07, 6.45) is 5.13. The summed E-state index contributed by atoms with van der Waals surface area (Å²) in [5.74, 6) is -0.636. The molecule has 0 fully saturated rings. The third-order valence-electron chi connectivity index (χ3n) is 3.48. The highest BCUT2D eigenvalue weighted by atomic mass is 16.5. The lowest BCUT2D eigenvalue weighted by atomic mass is 10.1. The van der Waals surface area contributed by atoms with Gasteiger partial charge >= 0.3 is 5.97 Å². The molecule has 0 aromatic heterocycles. The second kappa shape index (κ2) is 9.98. The summed E-state index contributed by atoms with van der Waals surface area (Å²) in [6.45, 7) is 6.23. The van der Waals surface area contributed by atoms with Crippen LogP contribution >= 0.6 is 0 Å². The minimum atomic E-state index is -0.635. The van der Waals surface area contributed by atoms with E-state index >= 15 is 0 Å². The van der Waals surface area contributed by atoms with E-state index in [1.165, 1.54) is 5.56 Å². The first-order valence-electron chi connectivity index (χ1n) is 8.14. The van der Waals surface area contributed by atoms with E-state index in [-0.39, 0.29) is 11.9 Å². The first-order chi connectivity index (χ1) is 10.6. The monoisotopic (exact) mass is 305 g/mol. The molecule has 1 aromatic carbocycles. The SMILES string of the molecule is CCCCOC(=O)[C@H](C)NC(=O)c1ccc(CCCC)cc1. The molecule has 1 amide bonds. The molecule has 0 spiro atoms. The lowest BCUT2D eigenvalue weighted by Gasteiger charge is -2.13. The number of carbonyl (C=O) groups excluding carboxylic acids is 2. The summed E-state index contributed by atoms with van der Waals surface area (Å²) in [5.41, 5.74) is 1.79. The van der Waals surface area contributed by atoms with Crippen molar-refractivity contribution in [3.63, 3.8) is 0 Å². The van der Waals surface area contributed by atoms with Crippen LogP contribution in [0.4, 0.5) is 0 Å². The molecule has 1 rings (SSSR count). The molecule has 0 saturated heterocycles. The molecule has 22 heavy (non-hydrogen) atoms. The van der Waals surface area contributed by atoms with Crippen LogP contribution in [0.3, 0.4) is 0 Å². The molecule has 0 aliphatic heterocycles. The predicted molar refractivity (Wildman–Crippen MR) is 87.8 cm³/mol. The molecule has 4 nitrogen and oxygen atoms in total. The van der Waals surface area contributed by atoms with Crippen LogP contribution in [0.2, 0.25) is 0 Å². The maximum Gasteiger partial charge on any atom is 0.328 e. The molecule has 0 heterocycles. The Hall–Kier alpha value is -1.84. The molecule has 122 valence electrons. The van der Waals surface area contributed by atoms with Crippen molar-refractivity contribution in [1.82, 2.24) is 5.32 Å². The van der Waals surface area contributed by atoms with Crippen LogP contribution in [0.5, 0.6) is 0 Å². The fourth-order valence-corrected chi connectivity index (χ4v) is 1.98. The second-order valence-corrected chi connectivity index (χ2v) is 5.52. The fraction of sp³-hybridized carbons (Fsp3) is 0.556. The van der Waals surface area contributed by atoms with Crippen LogP contribution in [0.15, 0.2) is 24.3 Å². The number of nitrogens with one attached hydrogen (secondary N) is 1. The van der Waals surface area contributed by atoms with E-state index in [4.69, 9.17) is 4.74 Å². The van der Waals surface area contributed by atoms with Gasteiger partial charge in [-0.05, 0) is 43.9 Å². The van der Waals surface area contributed by atoms with Crippen molar-refractivity contribution in [3.05, 3.63) is 35.4 Å². The number of ether oxygens (including phenoxy) is 1. The predicted octanol–water partition coefficient (Wildman–Crippen LogP) is 3.49. The van der Waals surface area contributed by atoms with Gasteiger partial charge in [-0.1, -0.05) is 38.8 Å². The number of unbranched alkanes of at least 4 members (excludes halogenated alkanes) is 2. The first kappa shape index (κ1) is 18.2. The van der Waals surface area contributed by atoms with E-state index in [1.54, 1.807) is 19.1 Å². The van der Waals surface area contributed by atoms with Crippen molar-refractivity contribution in [2.45, 2.75) is 58.9 Å². The Morgan fingerprint density at radius 1 is 1.09 bits per heavy atom.